The maximum absolute atomic E-state index is 10.7. The van der Waals surface area contributed by atoms with Crippen LogP contribution in [0.2, 0.25) is 0 Å². The summed E-state index contributed by atoms with van der Waals surface area (Å²) in [6.07, 6.45) is 0. The second-order valence-electron chi connectivity index (χ2n) is 10.0. The van der Waals surface area contributed by atoms with E-state index >= 15 is 0 Å². The number of fused-ring (bicyclic) bond motifs is 6. The summed E-state index contributed by atoms with van der Waals surface area (Å²) in [5.41, 5.74) is 9.69. The van der Waals surface area contributed by atoms with Crippen molar-refractivity contribution in [2.24, 2.45) is 0 Å². The molecule has 2 aromatic heterocycles. The summed E-state index contributed by atoms with van der Waals surface area (Å²) in [5.74, 6) is 0. The zero-order valence-corrected chi connectivity index (χ0v) is 21.4. The smallest absolute Gasteiger partial charge is 0.136 e. The van der Waals surface area contributed by atoms with Gasteiger partial charge < -0.3 is 8.83 Å². The summed E-state index contributed by atoms with van der Waals surface area (Å²) >= 11 is 0. The van der Waals surface area contributed by atoms with Gasteiger partial charge in [-0.3, -0.25) is 0 Å². The number of para-hydroxylation sites is 2. The molecule has 0 amide bonds. The van der Waals surface area contributed by atoms with Crippen LogP contribution in [0.1, 0.15) is 5.56 Å². The van der Waals surface area contributed by atoms with E-state index in [1.54, 1.807) is 0 Å². The maximum atomic E-state index is 10.7. The molecule has 0 aliphatic rings. The first-order valence-electron chi connectivity index (χ1n) is 13.2. The average Bonchev–Trinajstić information content (AvgIpc) is 3.58. The Kier molecular flexibility index (Phi) is 4.89. The van der Waals surface area contributed by atoms with E-state index in [0.717, 1.165) is 77.3 Å². The molecule has 0 unspecified atom stereocenters. The van der Waals surface area contributed by atoms with Crippen LogP contribution in [0.3, 0.4) is 0 Å². The molecule has 0 spiro atoms. The van der Waals surface area contributed by atoms with Crippen molar-refractivity contribution in [3.63, 3.8) is 0 Å². The largest absolute Gasteiger partial charge is 0.456 e. The van der Waals surface area contributed by atoms with Gasteiger partial charge in [-0.2, -0.15) is 5.26 Å². The van der Waals surface area contributed by atoms with Crippen LogP contribution < -0.4 is 0 Å². The highest BCUT2D eigenvalue weighted by Gasteiger charge is 2.20. The lowest BCUT2D eigenvalue weighted by atomic mass is 9.87. The van der Waals surface area contributed by atoms with E-state index in [4.69, 9.17) is 8.83 Å². The Hall–Kier alpha value is -5.59. The number of furan rings is 2. The minimum Gasteiger partial charge on any atom is -0.456 e. The lowest BCUT2D eigenvalue weighted by molar-refractivity contribution is 0.668. The third-order valence-electron chi connectivity index (χ3n) is 7.74. The van der Waals surface area contributed by atoms with Crippen LogP contribution >= 0.6 is 0 Å². The van der Waals surface area contributed by atoms with Crippen molar-refractivity contribution in [2.75, 3.05) is 0 Å². The first-order chi connectivity index (χ1) is 19.8. The van der Waals surface area contributed by atoms with E-state index in [-0.39, 0.29) is 0 Å². The molecule has 0 saturated heterocycles. The second kappa shape index (κ2) is 8.73. The third-order valence-corrected chi connectivity index (χ3v) is 7.74. The lowest BCUT2D eigenvalue weighted by Crippen LogP contribution is -1.93. The molecule has 2 heterocycles. The van der Waals surface area contributed by atoms with Crippen LogP contribution in [0.5, 0.6) is 0 Å². The zero-order chi connectivity index (χ0) is 26.6. The molecule has 0 N–H and O–H groups in total. The van der Waals surface area contributed by atoms with Gasteiger partial charge in [0, 0.05) is 32.7 Å². The first-order valence-corrected chi connectivity index (χ1v) is 13.2. The topological polar surface area (TPSA) is 50.1 Å². The van der Waals surface area contributed by atoms with Gasteiger partial charge in [0.15, 0.2) is 0 Å². The number of hydrogen-bond donors (Lipinski definition) is 0. The van der Waals surface area contributed by atoms with Gasteiger partial charge in [-0.15, -0.1) is 0 Å². The monoisotopic (exact) mass is 511 g/mol. The zero-order valence-electron chi connectivity index (χ0n) is 21.4. The lowest BCUT2D eigenvalue weighted by Gasteiger charge is -2.15. The number of nitrogens with zero attached hydrogens (tertiary/aromatic N) is 1. The van der Waals surface area contributed by atoms with Gasteiger partial charge in [-0.1, -0.05) is 84.9 Å². The molecule has 186 valence electrons. The van der Waals surface area contributed by atoms with Crippen LogP contribution in [0.4, 0.5) is 0 Å². The minimum absolute atomic E-state index is 0.618. The van der Waals surface area contributed by atoms with Gasteiger partial charge >= 0.3 is 0 Å². The fourth-order valence-electron chi connectivity index (χ4n) is 5.89. The van der Waals surface area contributed by atoms with Crippen molar-refractivity contribution in [3.05, 3.63) is 133 Å². The highest BCUT2D eigenvalue weighted by atomic mass is 16.3. The predicted octanol–water partition coefficient (Wildman–Crippen LogP) is 10.4. The molecular formula is C37H21NO2. The fraction of sp³-hybridized carbons (Fsp3) is 0. The molecular weight excluding hydrogens is 490 g/mol. The Bertz CT molecular complexity index is 2280. The van der Waals surface area contributed by atoms with Gasteiger partial charge in [0.1, 0.15) is 28.4 Å². The van der Waals surface area contributed by atoms with E-state index in [1.807, 2.05) is 66.7 Å². The Morgan fingerprint density at radius 2 is 1.07 bits per heavy atom. The molecule has 0 saturated carbocycles. The van der Waals surface area contributed by atoms with Crippen molar-refractivity contribution in [3.8, 4) is 39.4 Å². The van der Waals surface area contributed by atoms with Gasteiger partial charge in [0.25, 0.3) is 0 Å². The minimum atomic E-state index is 0.618. The molecule has 8 aromatic rings. The number of benzene rings is 6. The molecule has 0 fully saturated rings. The molecule has 0 aliphatic heterocycles. The molecule has 3 heteroatoms. The van der Waals surface area contributed by atoms with Crippen molar-refractivity contribution in [1.82, 2.24) is 0 Å². The Labute approximate surface area is 230 Å². The molecule has 0 atom stereocenters. The van der Waals surface area contributed by atoms with E-state index < -0.39 is 0 Å². The van der Waals surface area contributed by atoms with Crippen LogP contribution in [0, 0.1) is 11.3 Å². The van der Waals surface area contributed by atoms with E-state index in [0.29, 0.717) is 5.56 Å². The molecule has 8 rings (SSSR count). The summed E-state index contributed by atoms with van der Waals surface area (Å²) in [6.45, 7) is 0. The normalized spacial score (nSPS) is 11.5. The second-order valence-corrected chi connectivity index (χ2v) is 10.0. The van der Waals surface area contributed by atoms with Crippen LogP contribution in [-0.2, 0) is 0 Å². The fourth-order valence-corrected chi connectivity index (χ4v) is 5.89. The summed E-state index contributed by atoms with van der Waals surface area (Å²) in [5, 5.41) is 14.8. The van der Waals surface area contributed by atoms with E-state index in [9.17, 15) is 5.26 Å². The molecule has 0 aliphatic carbocycles. The Morgan fingerprint density at radius 3 is 1.90 bits per heavy atom. The summed E-state index contributed by atoms with van der Waals surface area (Å²) in [7, 11) is 0. The van der Waals surface area contributed by atoms with Crippen LogP contribution in [0.25, 0.3) is 77.3 Å². The van der Waals surface area contributed by atoms with Crippen molar-refractivity contribution in [2.45, 2.75) is 0 Å². The summed E-state index contributed by atoms with van der Waals surface area (Å²) < 4.78 is 12.4. The highest BCUT2D eigenvalue weighted by Crippen LogP contribution is 2.43. The standard InChI is InChI=1S/C37H21NO2/c38-22-32-30(24-17-18-27-26-11-4-6-14-33(26)40-36(27)21-24)19-25(23-9-2-1-3-10-23)20-31(32)28-13-8-16-35-37(28)29-12-5-7-15-34(29)39-35/h1-21H. The van der Waals surface area contributed by atoms with Crippen molar-refractivity contribution >= 4 is 43.9 Å². The average molecular weight is 512 g/mol. The maximum Gasteiger partial charge on any atom is 0.136 e. The van der Waals surface area contributed by atoms with Gasteiger partial charge in [0.05, 0.1) is 5.56 Å². The van der Waals surface area contributed by atoms with E-state index in [2.05, 4.69) is 66.7 Å². The third kappa shape index (κ3) is 3.37. The number of hydrogen-bond acceptors (Lipinski definition) is 3. The van der Waals surface area contributed by atoms with Crippen molar-refractivity contribution < 1.29 is 8.83 Å². The van der Waals surface area contributed by atoms with Gasteiger partial charge in [0.2, 0.25) is 0 Å². The number of rotatable bonds is 3. The quantitative estimate of drug-likeness (QED) is 0.237. The molecule has 40 heavy (non-hydrogen) atoms. The first kappa shape index (κ1) is 22.4. The summed E-state index contributed by atoms with van der Waals surface area (Å²) in [6, 6.07) is 45.5. The molecule has 0 radical (unpaired) electrons. The Balaban J connectivity index is 1.45. The van der Waals surface area contributed by atoms with E-state index in [1.165, 1.54) is 0 Å². The Morgan fingerprint density at radius 1 is 0.425 bits per heavy atom. The molecule has 6 aromatic carbocycles. The highest BCUT2D eigenvalue weighted by molar-refractivity contribution is 6.13. The van der Waals surface area contributed by atoms with Crippen LogP contribution in [-0.4, -0.2) is 0 Å². The van der Waals surface area contributed by atoms with Crippen molar-refractivity contribution in [1.29, 1.82) is 5.26 Å². The predicted molar refractivity (Wildman–Crippen MR) is 162 cm³/mol. The molecule has 0 bridgehead atoms. The number of nitriles is 1. The van der Waals surface area contributed by atoms with Gasteiger partial charge in [-0.25, -0.2) is 0 Å². The SMILES string of the molecule is N#Cc1c(-c2ccc3c(c2)oc2ccccc23)cc(-c2ccccc2)cc1-c1cccc2oc3ccccc3c12. The van der Waals surface area contributed by atoms with Gasteiger partial charge in [-0.05, 0) is 64.7 Å². The van der Waals surface area contributed by atoms with Crippen LogP contribution in [0.15, 0.2) is 136 Å². The summed E-state index contributed by atoms with van der Waals surface area (Å²) in [4.78, 5) is 0. The molecule has 3 nitrogen and oxygen atoms in total.